The van der Waals surface area contributed by atoms with Crippen molar-refractivity contribution in [2.24, 2.45) is 5.41 Å². The Hall–Kier alpha value is -0.830. The molecule has 0 radical (unpaired) electrons. The molecule has 1 aromatic heterocycles. The normalized spacial score (nSPS) is 19.8. The first kappa shape index (κ1) is 11.6. The molecule has 0 amide bonds. The molecule has 2 heterocycles. The number of nitrogens with zero attached hydrogens (tertiary/aromatic N) is 1. The third-order valence-corrected chi connectivity index (χ3v) is 4.94. The van der Waals surface area contributed by atoms with Crippen LogP contribution >= 0.6 is 11.3 Å². The van der Waals surface area contributed by atoms with E-state index in [0.717, 1.165) is 24.3 Å². The van der Waals surface area contributed by atoms with Crippen LogP contribution in [0.3, 0.4) is 0 Å². The molecule has 1 aliphatic rings. The summed E-state index contributed by atoms with van der Waals surface area (Å²) in [6, 6.07) is 3.99. The Morgan fingerprint density at radius 3 is 2.62 bits per heavy atom. The molecule has 1 saturated heterocycles. The number of aldehydes is 1. The first-order valence-electron chi connectivity index (χ1n) is 5.97. The fraction of sp³-hybridized carbons (Fsp3) is 0.615. The van der Waals surface area contributed by atoms with Crippen LogP contribution in [0.5, 0.6) is 0 Å². The maximum atomic E-state index is 10.6. The van der Waals surface area contributed by atoms with Gasteiger partial charge in [0.05, 0.1) is 9.88 Å². The van der Waals surface area contributed by atoms with E-state index in [9.17, 15) is 4.79 Å². The fourth-order valence-corrected chi connectivity index (χ4v) is 3.07. The number of thiophene rings is 1. The van der Waals surface area contributed by atoms with Crippen molar-refractivity contribution in [3.05, 3.63) is 17.0 Å². The number of carbonyl (C=O) groups excluding carboxylic acids is 1. The molecule has 0 aromatic carbocycles. The second-order valence-corrected chi connectivity index (χ2v) is 6.04. The van der Waals surface area contributed by atoms with Gasteiger partial charge < -0.3 is 4.90 Å². The standard InChI is InChI=1S/C13H19NOS/c1-3-13(2)6-8-14(9-7-13)12-5-4-11(10-15)16-12/h4-5,10H,3,6-9H2,1-2H3. The average molecular weight is 237 g/mol. The van der Waals surface area contributed by atoms with Crippen molar-refractivity contribution in [1.82, 2.24) is 0 Å². The summed E-state index contributed by atoms with van der Waals surface area (Å²) in [4.78, 5) is 13.9. The van der Waals surface area contributed by atoms with E-state index in [-0.39, 0.29) is 0 Å². The van der Waals surface area contributed by atoms with E-state index in [1.165, 1.54) is 24.3 Å². The topological polar surface area (TPSA) is 20.3 Å². The fourth-order valence-electron chi connectivity index (χ4n) is 2.20. The second kappa shape index (κ2) is 4.58. The monoisotopic (exact) mass is 237 g/mol. The van der Waals surface area contributed by atoms with Gasteiger partial charge in [-0.1, -0.05) is 20.3 Å². The largest absolute Gasteiger partial charge is 0.363 e. The van der Waals surface area contributed by atoms with E-state index in [2.05, 4.69) is 24.8 Å². The highest BCUT2D eigenvalue weighted by molar-refractivity contribution is 7.17. The molecule has 0 spiro atoms. The highest BCUT2D eigenvalue weighted by Gasteiger charge is 2.28. The third-order valence-electron chi connectivity index (χ3n) is 3.86. The van der Waals surface area contributed by atoms with Gasteiger partial charge in [-0.15, -0.1) is 11.3 Å². The maximum absolute atomic E-state index is 10.6. The van der Waals surface area contributed by atoms with Crippen LogP contribution in [0.25, 0.3) is 0 Å². The first-order chi connectivity index (χ1) is 7.67. The summed E-state index contributed by atoms with van der Waals surface area (Å²) in [6.07, 6.45) is 4.73. The number of piperidine rings is 1. The Bertz CT molecular complexity index is 364. The first-order valence-corrected chi connectivity index (χ1v) is 6.78. The van der Waals surface area contributed by atoms with Crippen LogP contribution in [0.15, 0.2) is 12.1 Å². The van der Waals surface area contributed by atoms with Gasteiger partial charge in [0.15, 0.2) is 6.29 Å². The minimum Gasteiger partial charge on any atom is -0.363 e. The van der Waals surface area contributed by atoms with Crippen molar-refractivity contribution in [3.8, 4) is 0 Å². The number of carbonyl (C=O) groups is 1. The summed E-state index contributed by atoms with van der Waals surface area (Å²) in [5, 5.41) is 1.25. The van der Waals surface area contributed by atoms with Gasteiger partial charge in [-0.05, 0) is 30.4 Å². The molecule has 1 fully saturated rings. The predicted molar refractivity (Wildman–Crippen MR) is 69.6 cm³/mol. The quantitative estimate of drug-likeness (QED) is 0.749. The van der Waals surface area contributed by atoms with Crippen molar-refractivity contribution in [2.75, 3.05) is 18.0 Å². The van der Waals surface area contributed by atoms with Gasteiger partial charge in [0.25, 0.3) is 0 Å². The van der Waals surface area contributed by atoms with Gasteiger partial charge in [-0.25, -0.2) is 0 Å². The molecule has 0 bridgehead atoms. The average Bonchev–Trinajstić information content (AvgIpc) is 2.79. The Balaban J connectivity index is 2.01. The third kappa shape index (κ3) is 2.29. The zero-order valence-corrected chi connectivity index (χ0v) is 10.8. The Kier molecular flexibility index (Phi) is 3.33. The van der Waals surface area contributed by atoms with E-state index >= 15 is 0 Å². The van der Waals surface area contributed by atoms with Crippen molar-refractivity contribution in [2.45, 2.75) is 33.1 Å². The van der Waals surface area contributed by atoms with Crippen LogP contribution in [-0.4, -0.2) is 19.4 Å². The molecule has 0 N–H and O–H groups in total. The summed E-state index contributed by atoms with van der Waals surface area (Å²) < 4.78 is 0. The van der Waals surface area contributed by atoms with Gasteiger partial charge in [0.2, 0.25) is 0 Å². The highest BCUT2D eigenvalue weighted by atomic mass is 32.1. The van der Waals surface area contributed by atoms with E-state index in [1.807, 2.05) is 6.07 Å². The molecule has 3 heteroatoms. The predicted octanol–water partition coefficient (Wildman–Crippen LogP) is 3.58. The lowest BCUT2D eigenvalue weighted by atomic mass is 9.78. The van der Waals surface area contributed by atoms with Crippen LogP contribution < -0.4 is 4.90 Å². The summed E-state index contributed by atoms with van der Waals surface area (Å²) >= 11 is 1.61. The summed E-state index contributed by atoms with van der Waals surface area (Å²) in [7, 11) is 0. The van der Waals surface area contributed by atoms with Crippen molar-refractivity contribution in [1.29, 1.82) is 0 Å². The molecule has 0 unspecified atom stereocenters. The second-order valence-electron chi connectivity index (χ2n) is 4.95. The van der Waals surface area contributed by atoms with E-state index in [0.29, 0.717) is 5.41 Å². The Morgan fingerprint density at radius 2 is 2.12 bits per heavy atom. The van der Waals surface area contributed by atoms with Crippen LogP contribution in [-0.2, 0) is 0 Å². The van der Waals surface area contributed by atoms with Crippen molar-refractivity contribution < 1.29 is 4.79 Å². The molecule has 2 nitrogen and oxygen atoms in total. The zero-order valence-electron chi connectivity index (χ0n) is 10.0. The van der Waals surface area contributed by atoms with E-state index < -0.39 is 0 Å². The molecule has 2 rings (SSSR count). The highest BCUT2D eigenvalue weighted by Crippen LogP contribution is 2.37. The van der Waals surface area contributed by atoms with Gasteiger partial charge in [0.1, 0.15) is 0 Å². The lowest BCUT2D eigenvalue weighted by Crippen LogP contribution is -2.37. The smallest absolute Gasteiger partial charge is 0.160 e. The minimum atomic E-state index is 0.529. The molecule has 0 aliphatic carbocycles. The zero-order chi connectivity index (χ0) is 11.6. The number of hydrogen-bond donors (Lipinski definition) is 0. The SMILES string of the molecule is CCC1(C)CCN(c2ccc(C=O)s2)CC1. The van der Waals surface area contributed by atoms with Gasteiger partial charge in [-0.3, -0.25) is 4.79 Å². The van der Waals surface area contributed by atoms with Crippen LogP contribution in [0.1, 0.15) is 42.8 Å². The van der Waals surface area contributed by atoms with Gasteiger partial charge >= 0.3 is 0 Å². The Morgan fingerprint density at radius 1 is 1.44 bits per heavy atom. The molecule has 16 heavy (non-hydrogen) atoms. The molecule has 0 atom stereocenters. The number of anilines is 1. The van der Waals surface area contributed by atoms with Crippen LogP contribution in [0, 0.1) is 5.41 Å². The summed E-state index contributed by atoms with van der Waals surface area (Å²) in [6.45, 7) is 6.92. The van der Waals surface area contributed by atoms with Gasteiger partial charge in [-0.2, -0.15) is 0 Å². The van der Waals surface area contributed by atoms with E-state index in [1.54, 1.807) is 11.3 Å². The lowest BCUT2D eigenvalue weighted by molar-refractivity contribution is 0.112. The lowest BCUT2D eigenvalue weighted by Gasteiger charge is -2.39. The molecule has 0 saturated carbocycles. The molecular weight excluding hydrogens is 218 g/mol. The molecule has 1 aromatic rings. The maximum Gasteiger partial charge on any atom is 0.160 e. The molecular formula is C13H19NOS. The Labute approximate surface area is 101 Å². The van der Waals surface area contributed by atoms with Gasteiger partial charge in [0, 0.05) is 13.1 Å². The van der Waals surface area contributed by atoms with Crippen LogP contribution in [0.4, 0.5) is 5.00 Å². The molecule has 88 valence electrons. The van der Waals surface area contributed by atoms with Crippen molar-refractivity contribution in [3.63, 3.8) is 0 Å². The minimum absolute atomic E-state index is 0.529. The molecule has 1 aliphatic heterocycles. The van der Waals surface area contributed by atoms with Crippen molar-refractivity contribution >= 4 is 22.6 Å². The summed E-state index contributed by atoms with van der Waals surface area (Å²) in [5.74, 6) is 0. The van der Waals surface area contributed by atoms with Crippen LogP contribution in [0.2, 0.25) is 0 Å². The summed E-state index contributed by atoms with van der Waals surface area (Å²) in [5.41, 5.74) is 0.529. The van der Waals surface area contributed by atoms with E-state index in [4.69, 9.17) is 0 Å². The number of rotatable bonds is 3. The number of hydrogen-bond acceptors (Lipinski definition) is 3.